The highest BCUT2D eigenvalue weighted by molar-refractivity contribution is 7.25. The first kappa shape index (κ1) is 36.7. The van der Waals surface area contributed by atoms with E-state index in [1.807, 2.05) is 23.5 Å². The number of hydrogen-bond acceptors (Lipinski definition) is 3. The van der Waals surface area contributed by atoms with Gasteiger partial charge in [-0.2, -0.15) is 0 Å². The summed E-state index contributed by atoms with van der Waals surface area (Å²) in [5.41, 5.74) is 16.9. The summed E-state index contributed by atoms with van der Waals surface area (Å²) in [6, 6.07) is 86.6. The monoisotopic (exact) mass is 833 g/mol. The second-order valence-corrected chi connectivity index (χ2v) is 17.9. The predicted octanol–water partition coefficient (Wildman–Crippen LogP) is 17.1. The minimum Gasteiger partial charge on any atom is -0.456 e. The Morgan fingerprint density at radius 3 is 1.67 bits per heavy atom. The van der Waals surface area contributed by atoms with Gasteiger partial charge in [0.1, 0.15) is 11.2 Å². The Hall–Kier alpha value is -7.98. The van der Waals surface area contributed by atoms with Crippen LogP contribution in [0.4, 0.5) is 17.1 Å². The molecule has 3 heteroatoms. The van der Waals surface area contributed by atoms with Crippen LogP contribution < -0.4 is 4.90 Å². The van der Waals surface area contributed by atoms with Gasteiger partial charge in [0.05, 0.1) is 5.41 Å². The van der Waals surface area contributed by atoms with Crippen molar-refractivity contribution in [2.75, 3.05) is 4.90 Å². The molecule has 0 saturated heterocycles. The van der Waals surface area contributed by atoms with Gasteiger partial charge in [0.2, 0.25) is 0 Å². The average Bonchev–Trinajstić information content (AvgIpc) is 4.03. The Morgan fingerprint density at radius 1 is 0.344 bits per heavy atom. The number of fused-ring (bicyclic) bond motifs is 9. The molecule has 0 saturated carbocycles. The fraction of sp³-hybridized carbons (Fsp3) is 0.0164. The topological polar surface area (TPSA) is 16.4 Å². The van der Waals surface area contributed by atoms with Crippen molar-refractivity contribution in [3.8, 4) is 33.4 Å². The van der Waals surface area contributed by atoms with Crippen LogP contribution in [0.15, 0.2) is 241 Å². The SMILES string of the molecule is c1ccc(C2(c3ccccc3)c3ccccc3-c3cc(N(c4ccc(-c5ccc6sc7ccccc7c6c5)cc4)c4ccc(-c5cccc6oc7ccccc7c56)cc4)ccc32)cc1. The number of nitrogens with zero attached hydrogens (tertiary/aromatic N) is 1. The minimum absolute atomic E-state index is 0.464. The molecule has 10 aromatic carbocycles. The van der Waals surface area contributed by atoms with Gasteiger partial charge in [-0.25, -0.2) is 0 Å². The van der Waals surface area contributed by atoms with Gasteiger partial charge in [-0.15, -0.1) is 11.3 Å². The van der Waals surface area contributed by atoms with Crippen LogP contribution in [0.25, 0.3) is 75.5 Å². The fourth-order valence-corrected chi connectivity index (χ4v) is 11.6. The molecule has 0 fully saturated rings. The van der Waals surface area contributed by atoms with Gasteiger partial charge in [-0.3, -0.25) is 0 Å². The van der Waals surface area contributed by atoms with Gasteiger partial charge < -0.3 is 9.32 Å². The molecule has 1 aliphatic rings. The highest BCUT2D eigenvalue weighted by Gasteiger charge is 2.46. The summed E-state index contributed by atoms with van der Waals surface area (Å²) in [6.07, 6.45) is 0. The molecule has 2 nitrogen and oxygen atoms in total. The Bertz CT molecular complexity index is 3670. The Kier molecular flexibility index (Phi) is 8.34. The van der Waals surface area contributed by atoms with Gasteiger partial charge >= 0.3 is 0 Å². The molecule has 0 unspecified atom stereocenters. The van der Waals surface area contributed by atoms with Crippen LogP contribution in [0.1, 0.15) is 22.3 Å². The van der Waals surface area contributed by atoms with Gasteiger partial charge in [0.25, 0.3) is 0 Å². The molecule has 2 aromatic heterocycles. The lowest BCUT2D eigenvalue weighted by Gasteiger charge is -2.34. The van der Waals surface area contributed by atoms with Crippen LogP contribution in [0, 0.1) is 0 Å². The number of thiophene rings is 1. The van der Waals surface area contributed by atoms with Crippen LogP contribution in [0.2, 0.25) is 0 Å². The summed E-state index contributed by atoms with van der Waals surface area (Å²) in [6.45, 7) is 0. The van der Waals surface area contributed by atoms with E-state index in [9.17, 15) is 0 Å². The van der Waals surface area contributed by atoms with Crippen molar-refractivity contribution >= 4 is 70.5 Å². The van der Waals surface area contributed by atoms with Gasteiger partial charge in [0.15, 0.2) is 0 Å². The smallest absolute Gasteiger partial charge is 0.136 e. The molecule has 0 aliphatic heterocycles. The zero-order valence-electron chi connectivity index (χ0n) is 34.8. The zero-order valence-corrected chi connectivity index (χ0v) is 35.6. The van der Waals surface area contributed by atoms with Gasteiger partial charge in [-0.05, 0) is 122 Å². The van der Waals surface area contributed by atoms with Crippen LogP contribution in [0.3, 0.4) is 0 Å². The van der Waals surface area contributed by atoms with E-state index in [-0.39, 0.29) is 0 Å². The number of para-hydroxylation sites is 1. The molecule has 0 spiro atoms. The number of anilines is 3. The highest BCUT2D eigenvalue weighted by atomic mass is 32.1. The predicted molar refractivity (Wildman–Crippen MR) is 269 cm³/mol. The molecule has 0 N–H and O–H groups in total. The first-order chi connectivity index (χ1) is 31.7. The molecule has 0 amide bonds. The number of furan rings is 1. The molecular weight excluding hydrogens is 795 g/mol. The summed E-state index contributed by atoms with van der Waals surface area (Å²) in [7, 11) is 0. The molecule has 0 atom stereocenters. The van der Waals surface area contributed by atoms with Crippen LogP contribution in [-0.2, 0) is 5.41 Å². The third-order valence-corrected chi connectivity index (χ3v) is 14.5. The maximum Gasteiger partial charge on any atom is 0.136 e. The Morgan fingerprint density at radius 2 is 0.906 bits per heavy atom. The lowest BCUT2D eigenvalue weighted by atomic mass is 9.68. The summed E-state index contributed by atoms with van der Waals surface area (Å²) >= 11 is 1.86. The first-order valence-electron chi connectivity index (χ1n) is 21.9. The Labute approximate surface area is 375 Å². The van der Waals surface area contributed by atoms with Crippen molar-refractivity contribution in [1.82, 2.24) is 0 Å². The van der Waals surface area contributed by atoms with Crippen molar-refractivity contribution < 1.29 is 4.42 Å². The van der Waals surface area contributed by atoms with E-state index in [0.29, 0.717) is 0 Å². The summed E-state index contributed by atoms with van der Waals surface area (Å²) in [5, 5.41) is 4.90. The number of benzene rings is 10. The lowest BCUT2D eigenvalue weighted by molar-refractivity contribution is 0.669. The van der Waals surface area contributed by atoms with Crippen molar-refractivity contribution in [3.63, 3.8) is 0 Å². The molecule has 64 heavy (non-hydrogen) atoms. The normalized spacial score (nSPS) is 12.8. The maximum absolute atomic E-state index is 6.29. The third kappa shape index (κ3) is 5.58. The van der Waals surface area contributed by atoms with E-state index in [0.717, 1.165) is 50.1 Å². The number of rotatable bonds is 7. The largest absolute Gasteiger partial charge is 0.456 e. The van der Waals surface area contributed by atoms with E-state index >= 15 is 0 Å². The van der Waals surface area contributed by atoms with E-state index in [1.54, 1.807) is 0 Å². The van der Waals surface area contributed by atoms with E-state index in [4.69, 9.17) is 4.42 Å². The molecule has 0 bridgehead atoms. The van der Waals surface area contributed by atoms with E-state index < -0.39 is 5.41 Å². The molecule has 2 heterocycles. The summed E-state index contributed by atoms with van der Waals surface area (Å²) in [5.74, 6) is 0. The molecule has 300 valence electrons. The number of hydrogen-bond donors (Lipinski definition) is 0. The van der Waals surface area contributed by atoms with Gasteiger partial charge in [0, 0.05) is 48.0 Å². The molecule has 1 aliphatic carbocycles. The van der Waals surface area contributed by atoms with E-state index in [2.05, 4.69) is 229 Å². The standard InChI is InChI=1S/C61H39NOS/c1-3-14-43(15-4-1)61(44-16-5-2-6-17-44)54-22-10-7-18-49(54)52-39-47(35-36-55(52)61)62(45-31-26-40(27-32-45)42-30-37-59-53(38-42)50-19-9-12-25-58(50)64-59)46-33-28-41(29-34-46)48-21-13-24-57-60(48)51-20-8-11-23-56(51)63-57/h1-39H. The van der Waals surface area contributed by atoms with Gasteiger partial charge in [-0.1, -0.05) is 170 Å². The highest BCUT2D eigenvalue weighted by Crippen LogP contribution is 2.57. The molecular formula is C61H39NOS. The third-order valence-electron chi connectivity index (χ3n) is 13.4. The van der Waals surface area contributed by atoms with Crippen LogP contribution in [-0.4, -0.2) is 0 Å². The Balaban J connectivity index is 0.973. The summed E-state index contributed by atoms with van der Waals surface area (Å²) < 4.78 is 8.93. The van der Waals surface area contributed by atoms with Crippen LogP contribution >= 0.6 is 11.3 Å². The first-order valence-corrected chi connectivity index (χ1v) is 22.7. The van der Waals surface area contributed by atoms with E-state index in [1.165, 1.54) is 64.7 Å². The quantitative estimate of drug-likeness (QED) is 0.159. The second kappa shape index (κ2) is 14.6. The fourth-order valence-electron chi connectivity index (χ4n) is 10.5. The van der Waals surface area contributed by atoms with Crippen molar-refractivity contribution in [1.29, 1.82) is 0 Å². The zero-order chi connectivity index (χ0) is 42.2. The van der Waals surface area contributed by atoms with Crippen LogP contribution in [0.5, 0.6) is 0 Å². The summed E-state index contributed by atoms with van der Waals surface area (Å²) in [4.78, 5) is 2.41. The second-order valence-electron chi connectivity index (χ2n) is 16.8. The molecule has 13 rings (SSSR count). The van der Waals surface area contributed by atoms with Crippen molar-refractivity contribution in [2.24, 2.45) is 0 Å². The average molecular weight is 834 g/mol. The van der Waals surface area contributed by atoms with Crippen molar-refractivity contribution in [3.05, 3.63) is 259 Å². The molecule has 12 aromatic rings. The minimum atomic E-state index is -0.464. The lowest BCUT2D eigenvalue weighted by Crippen LogP contribution is -2.28. The maximum atomic E-state index is 6.29. The molecule has 0 radical (unpaired) electrons. The van der Waals surface area contributed by atoms with Crippen molar-refractivity contribution in [2.45, 2.75) is 5.41 Å².